The number of ketones is 2. The molecule has 0 N–H and O–H groups in total. The number of imidazole rings is 1. The molecule has 136 valence electrons. The van der Waals surface area contributed by atoms with Crippen LogP contribution in [-0.2, 0) is 5.41 Å². The lowest BCUT2D eigenvalue weighted by molar-refractivity contribution is 0.0991. The number of hydrogen-bond acceptors (Lipinski definition) is 4. The van der Waals surface area contributed by atoms with E-state index in [9.17, 15) is 9.59 Å². The van der Waals surface area contributed by atoms with Gasteiger partial charge in [-0.1, -0.05) is 68.5 Å². The summed E-state index contributed by atoms with van der Waals surface area (Å²) >= 11 is 1.27. The number of Topliss-reactive ketones (excluding diaryl/α,β-unsaturated/α-hetero) is 1. The first kappa shape index (κ1) is 17.6. The van der Waals surface area contributed by atoms with E-state index in [1.165, 1.54) is 18.3 Å². The van der Waals surface area contributed by atoms with E-state index in [1.807, 2.05) is 52.9 Å². The molecular weight excluding hydrogens is 356 g/mol. The van der Waals surface area contributed by atoms with E-state index >= 15 is 0 Å². The molecule has 0 atom stereocenters. The number of aromatic nitrogens is 2. The lowest BCUT2D eigenvalue weighted by Gasteiger charge is -2.19. The molecule has 0 amide bonds. The molecule has 2 aromatic carbocycles. The second-order valence-corrected chi connectivity index (χ2v) is 8.69. The molecule has 0 aliphatic heterocycles. The summed E-state index contributed by atoms with van der Waals surface area (Å²) in [6, 6.07) is 15.3. The highest BCUT2D eigenvalue weighted by molar-refractivity contribution is 7.19. The van der Waals surface area contributed by atoms with Crippen LogP contribution in [-0.4, -0.2) is 21.0 Å². The summed E-state index contributed by atoms with van der Waals surface area (Å²) in [6.45, 7) is 7.90. The maximum Gasteiger partial charge on any atom is 0.211 e. The minimum atomic E-state index is -0.157. The van der Waals surface area contributed by atoms with Crippen LogP contribution >= 0.6 is 11.3 Å². The summed E-state index contributed by atoms with van der Waals surface area (Å²) in [7, 11) is 0. The van der Waals surface area contributed by atoms with Crippen molar-refractivity contribution in [1.29, 1.82) is 0 Å². The number of nitrogens with zero attached hydrogens (tertiary/aromatic N) is 2. The van der Waals surface area contributed by atoms with E-state index in [-0.39, 0.29) is 17.0 Å². The monoisotopic (exact) mass is 376 g/mol. The summed E-state index contributed by atoms with van der Waals surface area (Å²) in [6.07, 6.45) is 0. The van der Waals surface area contributed by atoms with Crippen LogP contribution in [0.3, 0.4) is 0 Å². The molecule has 2 aromatic heterocycles. The molecular formula is C22H20N2O2S. The van der Waals surface area contributed by atoms with Crippen LogP contribution in [0.5, 0.6) is 0 Å². The average Bonchev–Trinajstić information content (AvgIpc) is 3.16. The van der Waals surface area contributed by atoms with Gasteiger partial charge >= 0.3 is 0 Å². The molecule has 0 aliphatic rings. The minimum absolute atomic E-state index is 0.0162. The number of rotatable bonds is 3. The van der Waals surface area contributed by atoms with Crippen LogP contribution in [0.25, 0.3) is 16.0 Å². The molecule has 0 bridgehead atoms. The Balaban J connectivity index is 1.92. The third-order valence-electron chi connectivity index (χ3n) is 4.71. The molecule has 5 heteroatoms. The Labute approximate surface area is 161 Å². The van der Waals surface area contributed by atoms with Gasteiger partial charge in [0.2, 0.25) is 5.78 Å². The van der Waals surface area contributed by atoms with Crippen LogP contribution in [0.2, 0.25) is 0 Å². The summed E-state index contributed by atoms with van der Waals surface area (Å²) in [4.78, 5) is 31.3. The third-order valence-corrected chi connectivity index (χ3v) is 5.85. The number of thiazole rings is 1. The van der Waals surface area contributed by atoms with Gasteiger partial charge in [-0.15, -0.1) is 0 Å². The molecule has 0 unspecified atom stereocenters. The smallest absolute Gasteiger partial charge is 0.211 e. The van der Waals surface area contributed by atoms with Gasteiger partial charge < -0.3 is 0 Å². The highest BCUT2D eigenvalue weighted by atomic mass is 32.1. The van der Waals surface area contributed by atoms with Crippen LogP contribution in [0.1, 0.15) is 59.0 Å². The molecule has 0 saturated carbocycles. The molecule has 0 saturated heterocycles. The Morgan fingerprint density at radius 2 is 1.67 bits per heavy atom. The van der Waals surface area contributed by atoms with Crippen LogP contribution in [0.4, 0.5) is 0 Å². The molecule has 0 fully saturated rings. The highest BCUT2D eigenvalue weighted by Crippen LogP contribution is 2.31. The van der Waals surface area contributed by atoms with E-state index < -0.39 is 0 Å². The molecule has 0 spiro atoms. The Hall–Kier alpha value is -2.79. The Morgan fingerprint density at radius 3 is 2.30 bits per heavy atom. The van der Waals surface area contributed by atoms with E-state index in [2.05, 4.69) is 25.8 Å². The lowest BCUT2D eigenvalue weighted by Crippen LogP contribution is -2.13. The van der Waals surface area contributed by atoms with Gasteiger partial charge in [-0.2, -0.15) is 0 Å². The van der Waals surface area contributed by atoms with Crippen molar-refractivity contribution in [2.75, 3.05) is 0 Å². The molecule has 2 heterocycles. The summed E-state index contributed by atoms with van der Waals surface area (Å²) in [5, 5.41) is 0. The zero-order valence-electron chi connectivity index (χ0n) is 15.7. The average molecular weight is 376 g/mol. The lowest BCUT2D eigenvalue weighted by atomic mass is 9.86. The van der Waals surface area contributed by atoms with Gasteiger partial charge in [-0.05, 0) is 23.1 Å². The molecule has 27 heavy (non-hydrogen) atoms. The topological polar surface area (TPSA) is 51.4 Å². The van der Waals surface area contributed by atoms with Gasteiger partial charge in [-0.25, -0.2) is 4.98 Å². The molecule has 0 radical (unpaired) electrons. The first-order valence-corrected chi connectivity index (χ1v) is 9.65. The van der Waals surface area contributed by atoms with Crippen LogP contribution in [0.15, 0.2) is 48.5 Å². The van der Waals surface area contributed by atoms with Crippen LogP contribution in [0, 0.1) is 0 Å². The standard InChI is InChI=1S/C22H20N2O2S/c1-13(25)20-18(19(26)14-9-11-15(12-10-14)22(2,3)4)24-17-8-6-5-7-16(17)23-21(24)27-20/h5-12H,1-4H3. The van der Waals surface area contributed by atoms with Gasteiger partial charge in [0.05, 0.1) is 11.0 Å². The fourth-order valence-electron chi connectivity index (χ4n) is 3.23. The maximum atomic E-state index is 13.4. The van der Waals surface area contributed by atoms with Crippen molar-refractivity contribution in [3.63, 3.8) is 0 Å². The van der Waals surface area contributed by atoms with Crippen molar-refractivity contribution in [3.05, 3.63) is 70.2 Å². The SMILES string of the molecule is CC(=O)c1sc2nc3ccccc3n2c1C(=O)c1ccc(C(C)(C)C)cc1. The van der Waals surface area contributed by atoms with Crippen molar-refractivity contribution >= 4 is 38.9 Å². The number of benzene rings is 2. The van der Waals surface area contributed by atoms with Gasteiger partial charge in [0.1, 0.15) is 10.6 Å². The fourth-order valence-corrected chi connectivity index (χ4v) is 4.26. The number of fused-ring (bicyclic) bond motifs is 3. The second-order valence-electron chi connectivity index (χ2n) is 7.71. The molecule has 4 rings (SSSR count). The molecule has 4 nitrogen and oxygen atoms in total. The van der Waals surface area contributed by atoms with E-state index in [1.54, 1.807) is 0 Å². The van der Waals surface area contributed by atoms with Gasteiger partial charge in [0, 0.05) is 12.5 Å². The Kier molecular flexibility index (Phi) is 4.00. The quantitative estimate of drug-likeness (QED) is 0.457. The van der Waals surface area contributed by atoms with Crippen molar-refractivity contribution in [1.82, 2.24) is 9.38 Å². The van der Waals surface area contributed by atoms with Crippen molar-refractivity contribution in [3.8, 4) is 0 Å². The highest BCUT2D eigenvalue weighted by Gasteiger charge is 2.26. The minimum Gasteiger partial charge on any atom is -0.294 e. The Morgan fingerprint density at radius 1 is 1.00 bits per heavy atom. The van der Waals surface area contributed by atoms with Gasteiger partial charge in [0.15, 0.2) is 10.7 Å². The number of carbonyl (C=O) groups is 2. The summed E-state index contributed by atoms with van der Waals surface area (Å²) < 4.78 is 1.82. The zero-order chi connectivity index (χ0) is 19.3. The molecule has 0 aliphatic carbocycles. The van der Waals surface area contributed by atoms with Gasteiger partial charge in [-0.3, -0.25) is 14.0 Å². The van der Waals surface area contributed by atoms with Crippen molar-refractivity contribution in [2.24, 2.45) is 0 Å². The first-order chi connectivity index (χ1) is 12.8. The normalized spacial score (nSPS) is 12.0. The maximum absolute atomic E-state index is 13.4. The van der Waals surface area contributed by atoms with Crippen molar-refractivity contribution in [2.45, 2.75) is 33.1 Å². The fraction of sp³-hybridized carbons (Fsp3) is 0.227. The molecule has 4 aromatic rings. The van der Waals surface area contributed by atoms with E-state index in [0.717, 1.165) is 16.6 Å². The van der Waals surface area contributed by atoms with Crippen molar-refractivity contribution < 1.29 is 9.59 Å². The Bertz CT molecular complexity index is 1190. The predicted octanol–water partition coefficient (Wildman–Crippen LogP) is 5.28. The largest absolute Gasteiger partial charge is 0.294 e. The predicted molar refractivity (Wildman–Crippen MR) is 109 cm³/mol. The van der Waals surface area contributed by atoms with E-state index in [4.69, 9.17) is 0 Å². The second kappa shape index (κ2) is 6.13. The summed E-state index contributed by atoms with van der Waals surface area (Å²) in [5.41, 5.74) is 3.81. The number of hydrogen-bond donors (Lipinski definition) is 0. The van der Waals surface area contributed by atoms with Crippen LogP contribution < -0.4 is 0 Å². The van der Waals surface area contributed by atoms with Gasteiger partial charge in [0.25, 0.3) is 0 Å². The number of para-hydroxylation sites is 2. The van der Waals surface area contributed by atoms with E-state index in [0.29, 0.717) is 21.1 Å². The summed E-state index contributed by atoms with van der Waals surface area (Å²) in [5.74, 6) is -0.278. The first-order valence-electron chi connectivity index (χ1n) is 8.83. The third kappa shape index (κ3) is 2.88. The number of carbonyl (C=O) groups excluding carboxylic acids is 2. The zero-order valence-corrected chi connectivity index (χ0v) is 16.6.